The molecule has 2 aromatic carbocycles. The molecule has 0 bridgehead atoms. The molecule has 0 fully saturated rings. The van der Waals surface area contributed by atoms with Crippen molar-refractivity contribution >= 4 is 11.5 Å². The van der Waals surface area contributed by atoms with Crippen LogP contribution in [0, 0.1) is 0 Å². The number of Topliss-reactive ketones (excluding diaryl/α,β-unsaturated/α-hetero) is 1. The van der Waals surface area contributed by atoms with Crippen LogP contribution in [-0.4, -0.2) is 10.9 Å². The van der Waals surface area contributed by atoms with Gasteiger partial charge in [0.1, 0.15) is 18.1 Å². The Balaban J connectivity index is 2.20. The van der Waals surface area contributed by atoms with E-state index < -0.39 is 0 Å². The lowest BCUT2D eigenvalue weighted by molar-refractivity contribution is 0.0985. The Hall–Kier alpha value is -2.49. The highest BCUT2D eigenvalue weighted by Gasteiger charge is 2.14. The van der Waals surface area contributed by atoms with E-state index in [2.05, 4.69) is 0 Å². The number of nitrogens with two attached hydrogens (primary N) is 1. The first-order chi connectivity index (χ1) is 9.61. The van der Waals surface area contributed by atoms with E-state index in [1.165, 1.54) is 12.1 Å². The van der Waals surface area contributed by atoms with Crippen molar-refractivity contribution in [3.05, 3.63) is 53.6 Å². The number of ether oxygens (including phenoxy) is 1. The van der Waals surface area contributed by atoms with E-state index in [4.69, 9.17) is 10.5 Å². The van der Waals surface area contributed by atoms with E-state index in [-0.39, 0.29) is 22.8 Å². The standard InChI is InChI=1S/C16H17NO3/c1-2-15(18)13-8-12(9-14(17)16(13)19)20-10-11-6-4-3-5-7-11/h3-9,19H,2,10,17H2,1H3. The fraction of sp³-hybridized carbons (Fsp3) is 0.188. The van der Waals surface area contributed by atoms with Gasteiger partial charge in [0.15, 0.2) is 5.78 Å². The van der Waals surface area contributed by atoms with Crippen molar-refractivity contribution < 1.29 is 14.6 Å². The van der Waals surface area contributed by atoms with Crippen molar-refractivity contribution in [3.63, 3.8) is 0 Å². The van der Waals surface area contributed by atoms with Crippen LogP contribution in [0.2, 0.25) is 0 Å². The number of benzene rings is 2. The van der Waals surface area contributed by atoms with Crippen molar-refractivity contribution in [1.82, 2.24) is 0 Å². The number of anilines is 1. The summed E-state index contributed by atoms with van der Waals surface area (Å²) in [6, 6.07) is 12.7. The third kappa shape index (κ3) is 3.09. The number of nitrogen functional groups attached to an aromatic ring is 1. The highest BCUT2D eigenvalue weighted by molar-refractivity contribution is 6.00. The SMILES string of the molecule is CCC(=O)c1cc(OCc2ccccc2)cc(N)c1O. The highest BCUT2D eigenvalue weighted by Crippen LogP contribution is 2.31. The van der Waals surface area contributed by atoms with Crippen LogP contribution in [0.5, 0.6) is 11.5 Å². The van der Waals surface area contributed by atoms with Gasteiger partial charge in [0.05, 0.1) is 11.3 Å². The Morgan fingerprint density at radius 3 is 2.60 bits per heavy atom. The molecule has 4 nitrogen and oxygen atoms in total. The van der Waals surface area contributed by atoms with Crippen LogP contribution >= 0.6 is 0 Å². The smallest absolute Gasteiger partial charge is 0.166 e. The molecule has 0 amide bonds. The molecule has 0 radical (unpaired) electrons. The fourth-order valence-corrected chi connectivity index (χ4v) is 1.86. The van der Waals surface area contributed by atoms with Crippen molar-refractivity contribution in [2.75, 3.05) is 5.73 Å². The van der Waals surface area contributed by atoms with Gasteiger partial charge in [-0.15, -0.1) is 0 Å². The largest absolute Gasteiger partial charge is 0.505 e. The van der Waals surface area contributed by atoms with Gasteiger partial charge < -0.3 is 15.6 Å². The summed E-state index contributed by atoms with van der Waals surface area (Å²) in [5.41, 5.74) is 7.07. The Morgan fingerprint density at radius 2 is 1.95 bits per heavy atom. The van der Waals surface area contributed by atoms with E-state index in [0.717, 1.165) is 5.56 Å². The van der Waals surface area contributed by atoms with E-state index in [0.29, 0.717) is 18.8 Å². The average Bonchev–Trinajstić information content (AvgIpc) is 2.48. The summed E-state index contributed by atoms with van der Waals surface area (Å²) >= 11 is 0. The lowest BCUT2D eigenvalue weighted by atomic mass is 10.1. The number of phenolic OH excluding ortho intramolecular Hbond substituents is 1. The van der Waals surface area contributed by atoms with Gasteiger partial charge >= 0.3 is 0 Å². The molecule has 0 unspecified atom stereocenters. The minimum absolute atomic E-state index is 0.146. The predicted molar refractivity (Wildman–Crippen MR) is 77.9 cm³/mol. The monoisotopic (exact) mass is 271 g/mol. The van der Waals surface area contributed by atoms with E-state index >= 15 is 0 Å². The maximum absolute atomic E-state index is 11.7. The maximum Gasteiger partial charge on any atom is 0.166 e. The van der Waals surface area contributed by atoms with Crippen LogP contribution in [0.1, 0.15) is 29.3 Å². The third-order valence-electron chi connectivity index (χ3n) is 2.98. The third-order valence-corrected chi connectivity index (χ3v) is 2.98. The number of carbonyl (C=O) groups is 1. The minimum atomic E-state index is -0.177. The first kappa shape index (κ1) is 13.9. The summed E-state index contributed by atoms with van der Waals surface area (Å²) in [5.74, 6) is 0.129. The first-order valence-electron chi connectivity index (χ1n) is 6.44. The van der Waals surface area contributed by atoms with E-state index in [1.54, 1.807) is 6.92 Å². The van der Waals surface area contributed by atoms with Gasteiger partial charge in [0.25, 0.3) is 0 Å². The maximum atomic E-state index is 11.7. The number of hydrogen-bond acceptors (Lipinski definition) is 4. The molecule has 0 aliphatic rings. The predicted octanol–water partition coefficient (Wildman–Crippen LogP) is 3.15. The highest BCUT2D eigenvalue weighted by atomic mass is 16.5. The zero-order valence-electron chi connectivity index (χ0n) is 11.3. The lowest BCUT2D eigenvalue weighted by Crippen LogP contribution is -2.02. The van der Waals surface area contributed by atoms with Gasteiger partial charge in [-0.3, -0.25) is 4.79 Å². The summed E-state index contributed by atoms with van der Waals surface area (Å²) in [6.07, 6.45) is 0.301. The molecule has 0 aliphatic carbocycles. The second-order valence-corrected chi connectivity index (χ2v) is 4.46. The summed E-state index contributed by atoms with van der Waals surface area (Å²) in [5, 5.41) is 9.81. The van der Waals surface area contributed by atoms with E-state index in [1.807, 2.05) is 30.3 Å². The quantitative estimate of drug-likeness (QED) is 0.498. The topological polar surface area (TPSA) is 72.5 Å². The molecule has 0 saturated carbocycles. The molecule has 0 atom stereocenters. The molecule has 0 aliphatic heterocycles. The minimum Gasteiger partial charge on any atom is -0.505 e. The lowest BCUT2D eigenvalue weighted by Gasteiger charge is -2.11. The molecule has 20 heavy (non-hydrogen) atoms. The van der Waals surface area contributed by atoms with Crippen molar-refractivity contribution in [2.24, 2.45) is 0 Å². The van der Waals surface area contributed by atoms with Crippen LogP contribution < -0.4 is 10.5 Å². The molecule has 3 N–H and O–H groups in total. The van der Waals surface area contributed by atoms with Gasteiger partial charge in [-0.05, 0) is 11.6 Å². The summed E-state index contributed by atoms with van der Waals surface area (Å²) in [7, 11) is 0. The molecule has 0 spiro atoms. The number of phenols is 1. The van der Waals surface area contributed by atoms with Gasteiger partial charge in [-0.25, -0.2) is 0 Å². The average molecular weight is 271 g/mol. The van der Waals surface area contributed by atoms with Crippen LogP contribution in [-0.2, 0) is 6.61 Å². The summed E-state index contributed by atoms with van der Waals surface area (Å²) in [4.78, 5) is 11.7. The molecule has 104 valence electrons. The fourth-order valence-electron chi connectivity index (χ4n) is 1.86. The molecule has 0 saturated heterocycles. The van der Waals surface area contributed by atoms with Crippen molar-refractivity contribution in [2.45, 2.75) is 20.0 Å². The zero-order chi connectivity index (χ0) is 14.5. The second kappa shape index (κ2) is 6.10. The van der Waals surface area contributed by atoms with E-state index in [9.17, 15) is 9.90 Å². The normalized spacial score (nSPS) is 10.2. The molecule has 4 heteroatoms. The number of carbonyl (C=O) groups excluding carboxylic acids is 1. The molecule has 0 aromatic heterocycles. The number of aromatic hydroxyl groups is 1. The van der Waals surface area contributed by atoms with Crippen molar-refractivity contribution in [3.8, 4) is 11.5 Å². The number of rotatable bonds is 5. The van der Waals surface area contributed by atoms with Crippen LogP contribution in [0.15, 0.2) is 42.5 Å². The summed E-state index contributed by atoms with van der Waals surface area (Å²) in [6.45, 7) is 2.11. The van der Waals surface area contributed by atoms with Gasteiger partial charge in [0, 0.05) is 12.5 Å². The molecular weight excluding hydrogens is 254 g/mol. The van der Waals surface area contributed by atoms with Crippen LogP contribution in [0.25, 0.3) is 0 Å². The first-order valence-corrected chi connectivity index (χ1v) is 6.44. The van der Waals surface area contributed by atoms with Gasteiger partial charge in [-0.2, -0.15) is 0 Å². The Labute approximate surface area is 117 Å². The second-order valence-electron chi connectivity index (χ2n) is 4.46. The number of hydrogen-bond donors (Lipinski definition) is 2. The molecule has 2 aromatic rings. The Bertz CT molecular complexity index is 609. The summed E-state index contributed by atoms with van der Waals surface area (Å²) < 4.78 is 5.62. The molecule has 2 rings (SSSR count). The molecular formula is C16H17NO3. The number of ketones is 1. The Morgan fingerprint density at radius 1 is 1.25 bits per heavy atom. The zero-order valence-corrected chi connectivity index (χ0v) is 11.3. The Kier molecular flexibility index (Phi) is 4.25. The van der Waals surface area contributed by atoms with Gasteiger partial charge in [-0.1, -0.05) is 37.3 Å². The van der Waals surface area contributed by atoms with Gasteiger partial charge in [0.2, 0.25) is 0 Å². The molecule has 0 heterocycles. The van der Waals surface area contributed by atoms with Crippen molar-refractivity contribution in [1.29, 1.82) is 0 Å². The van der Waals surface area contributed by atoms with Crippen LogP contribution in [0.4, 0.5) is 5.69 Å². The van der Waals surface area contributed by atoms with Crippen LogP contribution in [0.3, 0.4) is 0 Å².